The Kier molecular flexibility index (Phi) is 7.56. The zero-order valence-electron chi connectivity index (χ0n) is 11.5. The largest absolute Gasteiger partial charge is 0.462 e. The summed E-state index contributed by atoms with van der Waals surface area (Å²) >= 11 is 3.32. The number of unbranched alkanes of at least 4 members (excludes halogenated alkanes) is 5. The minimum atomic E-state index is -0.340. The van der Waals surface area contributed by atoms with Crippen molar-refractivity contribution < 1.29 is 9.53 Å². The van der Waals surface area contributed by atoms with Gasteiger partial charge in [0.15, 0.2) is 0 Å². The minimum absolute atomic E-state index is 0.340. The van der Waals surface area contributed by atoms with Gasteiger partial charge in [-0.3, -0.25) is 0 Å². The van der Waals surface area contributed by atoms with Crippen LogP contribution in [0.15, 0.2) is 22.7 Å². The fraction of sp³-hybridized carbons (Fsp3) is 0.533. The maximum atomic E-state index is 11.8. The van der Waals surface area contributed by atoms with Crippen LogP contribution in [0, 0.1) is 0 Å². The highest BCUT2D eigenvalue weighted by atomic mass is 79.9. The highest BCUT2D eigenvalue weighted by molar-refractivity contribution is 9.10. The fourth-order valence-electron chi connectivity index (χ4n) is 1.83. The molecule has 0 atom stereocenters. The highest BCUT2D eigenvalue weighted by Crippen LogP contribution is 2.19. The van der Waals surface area contributed by atoms with Crippen LogP contribution in [0.25, 0.3) is 0 Å². The number of hydrogen-bond donors (Lipinski definition) is 1. The third-order valence-electron chi connectivity index (χ3n) is 2.97. The normalized spacial score (nSPS) is 10.4. The average Bonchev–Trinajstić information content (AvgIpc) is 2.40. The van der Waals surface area contributed by atoms with Crippen molar-refractivity contribution in [3.8, 4) is 0 Å². The zero-order chi connectivity index (χ0) is 14.1. The third-order valence-corrected chi connectivity index (χ3v) is 3.46. The SMILES string of the molecule is CCCCCCCCOC(=O)c1cc(Br)ccc1N. The first-order chi connectivity index (χ1) is 9.15. The van der Waals surface area contributed by atoms with Crippen molar-refractivity contribution in [3.05, 3.63) is 28.2 Å². The van der Waals surface area contributed by atoms with Crippen LogP contribution < -0.4 is 5.73 Å². The third kappa shape index (κ3) is 6.10. The van der Waals surface area contributed by atoms with E-state index < -0.39 is 0 Å². The van der Waals surface area contributed by atoms with Gasteiger partial charge in [-0.05, 0) is 24.6 Å². The summed E-state index contributed by atoms with van der Waals surface area (Å²) in [6, 6.07) is 5.20. The molecule has 0 aliphatic heterocycles. The number of benzene rings is 1. The Morgan fingerprint density at radius 1 is 1.21 bits per heavy atom. The number of esters is 1. The van der Waals surface area contributed by atoms with E-state index in [1.807, 2.05) is 0 Å². The molecular weight excluding hydrogens is 306 g/mol. The molecule has 3 nitrogen and oxygen atoms in total. The van der Waals surface area contributed by atoms with E-state index in [1.54, 1.807) is 18.2 Å². The standard InChI is InChI=1S/C15H22BrNO2/c1-2-3-4-5-6-7-10-19-15(18)13-11-12(16)8-9-14(13)17/h8-9,11H,2-7,10,17H2,1H3. The lowest BCUT2D eigenvalue weighted by molar-refractivity contribution is 0.0499. The van der Waals surface area contributed by atoms with Crippen molar-refractivity contribution in [1.82, 2.24) is 0 Å². The second kappa shape index (κ2) is 8.97. The number of nitrogens with two attached hydrogens (primary N) is 1. The van der Waals surface area contributed by atoms with Gasteiger partial charge < -0.3 is 10.5 Å². The second-order valence-electron chi connectivity index (χ2n) is 4.64. The van der Waals surface area contributed by atoms with Crippen LogP contribution in [0.4, 0.5) is 5.69 Å². The topological polar surface area (TPSA) is 52.3 Å². The van der Waals surface area contributed by atoms with Crippen molar-refractivity contribution in [1.29, 1.82) is 0 Å². The molecule has 1 aromatic rings. The number of nitrogen functional groups attached to an aromatic ring is 1. The predicted octanol–water partition coefficient (Wildman–Crippen LogP) is 4.55. The van der Waals surface area contributed by atoms with E-state index >= 15 is 0 Å². The molecule has 0 aliphatic carbocycles. The Balaban J connectivity index is 2.26. The molecule has 1 aromatic carbocycles. The van der Waals surface area contributed by atoms with Crippen molar-refractivity contribution in [2.75, 3.05) is 12.3 Å². The molecule has 1 rings (SSSR count). The molecule has 19 heavy (non-hydrogen) atoms. The summed E-state index contributed by atoms with van der Waals surface area (Å²) in [6.45, 7) is 2.67. The Bertz CT molecular complexity index is 407. The molecule has 0 aliphatic rings. The van der Waals surface area contributed by atoms with Gasteiger partial charge in [-0.1, -0.05) is 55.0 Å². The van der Waals surface area contributed by atoms with E-state index in [0.717, 1.165) is 17.3 Å². The van der Waals surface area contributed by atoms with Crippen LogP contribution >= 0.6 is 15.9 Å². The van der Waals surface area contributed by atoms with Crippen LogP contribution in [0.2, 0.25) is 0 Å². The lowest BCUT2D eigenvalue weighted by atomic mass is 10.1. The number of anilines is 1. The summed E-state index contributed by atoms with van der Waals surface area (Å²) in [5, 5.41) is 0. The first-order valence-corrected chi connectivity index (χ1v) is 7.66. The molecule has 2 N–H and O–H groups in total. The molecule has 4 heteroatoms. The van der Waals surface area contributed by atoms with Crippen molar-refractivity contribution in [3.63, 3.8) is 0 Å². The monoisotopic (exact) mass is 327 g/mol. The van der Waals surface area contributed by atoms with Gasteiger partial charge in [0.05, 0.1) is 12.2 Å². The Hall–Kier alpha value is -1.03. The first kappa shape index (κ1) is 16.0. The van der Waals surface area contributed by atoms with E-state index in [2.05, 4.69) is 22.9 Å². The van der Waals surface area contributed by atoms with Crippen LogP contribution in [0.3, 0.4) is 0 Å². The zero-order valence-corrected chi connectivity index (χ0v) is 13.0. The predicted molar refractivity (Wildman–Crippen MR) is 82.2 cm³/mol. The number of carbonyl (C=O) groups is 1. The number of hydrogen-bond acceptors (Lipinski definition) is 3. The Morgan fingerprint density at radius 2 is 1.89 bits per heavy atom. The van der Waals surface area contributed by atoms with Gasteiger partial charge >= 0.3 is 5.97 Å². The molecule has 0 amide bonds. The van der Waals surface area contributed by atoms with Crippen molar-refractivity contribution >= 4 is 27.6 Å². The Labute approximate surface area is 123 Å². The van der Waals surface area contributed by atoms with Gasteiger partial charge in [0, 0.05) is 10.2 Å². The fourth-order valence-corrected chi connectivity index (χ4v) is 2.19. The second-order valence-corrected chi connectivity index (χ2v) is 5.55. The van der Waals surface area contributed by atoms with E-state index in [1.165, 1.54) is 25.7 Å². The minimum Gasteiger partial charge on any atom is -0.462 e. The van der Waals surface area contributed by atoms with E-state index in [9.17, 15) is 4.79 Å². The molecule has 0 aromatic heterocycles. The Morgan fingerprint density at radius 3 is 2.63 bits per heavy atom. The number of halogens is 1. The molecule has 106 valence electrons. The molecule has 0 spiro atoms. The molecular formula is C15H22BrNO2. The maximum Gasteiger partial charge on any atom is 0.340 e. The summed E-state index contributed by atoms with van der Waals surface area (Å²) in [5.41, 5.74) is 6.64. The summed E-state index contributed by atoms with van der Waals surface area (Å²) in [5.74, 6) is -0.340. The lowest BCUT2D eigenvalue weighted by Crippen LogP contribution is -2.09. The number of carbonyl (C=O) groups excluding carboxylic acids is 1. The smallest absolute Gasteiger partial charge is 0.340 e. The van der Waals surface area contributed by atoms with Crippen LogP contribution in [-0.2, 0) is 4.74 Å². The maximum absolute atomic E-state index is 11.8. The van der Waals surface area contributed by atoms with Crippen LogP contribution in [0.1, 0.15) is 55.8 Å². The number of ether oxygens (including phenoxy) is 1. The summed E-state index contributed by atoms with van der Waals surface area (Å²) < 4.78 is 6.06. The first-order valence-electron chi connectivity index (χ1n) is 6.87. The van der Waals surface area contributed by atoms with Gasteiger partial charge in [0.1, 0.15) is 0 Å². The highest BCUT2D eigenvalue weighted by Gasteiger charge is 2.11. The van der Waals surface area contributed by atoms with Crippen LogP contribution in [0.5, 0.6) is 0 Å². The van der Waals surface area contributed by atoms with Crippen molar-refractivity contribution in [2.24, 2.45) is 0 Å². The molecule has 0 unspecified atom stereocenters. The van der Waals surface area contributed by atoms with Gasteiger partial charge in [0.25, 0.3) is 0 Å². The van der Waals surface area contributed by atoms with E-state index in [4.69, 9.17) is 10.5 Å². The molecule has 0 fully saturated rings. The molecule has 0 saturated heterocycles. The van der Waals surface area contributed by atoms with E-state index in [-0.39, 0.29) is 5.97 Å². The summed E-state index contributed by atoms with van der Waals surface area (Å²) in [4.78, 5) is 11.8. The molecule has 0 saturated carbocycles. The van der Waals surface area contributed by atoms with Crippen molar-refractivity contribution in [2.45, 2.75) is 45.4 Å². The molecule has 0 bridgehead atoms. The summed E-state index contributed by atoms with van der Waals surface area (Å²) in [7, 11) is 0. The van der Waals surface area contributed by atoms with E-state index in [0.29, 0.717) is 17.9 Å². The lowest BCUT2D eigenvalue weighted by Gasteiger charge is -2.07. The van der Waals surface area contributed by atoms with Gasteiger partial charge in [-0.15, -0.1) is 0 Å². The van der Waals surface area contributed by atoms with Gasteiger partial charge in [0.2, 0.25) is 0 Å². The van der Waals surface area contributed by atoms with Crippen LogP contribution in [-0.4, -0.2) is 12.6 Å². The quantitative estimate of drug-likeness (QED) is 0.433. The summed E-state index contributed by atoms with van der Waals surface area (Å²) in [6.07, 6.45) is 7.05. The van der Waals surface area contributed by atoms with Gasteiger partial charge in [-0.25, -0.2) is 4.79 Å². The average molecular weight is 328 g/mol. The number of rotatable bonds is 8. The molecule has 0 radical (unpaired) electrons. The molecule has 0 heterocycles. The van der Waals surface area contributed by atoms with Gasteiger partial charge in [-0.2, -0.15) is 0 Å².